The van der Waals surface area contributed by atoms with Crippen molar-refractivity contribution in [2.75, 3.05) is 30.8 Å². The number of rotatable bonds is 9. The number of hydrogen-bond acceptors (Lipinski definition) is 7. The first-order valence-corrected chi connectivity index (χ1v) is 14.2. The third-order valence-electron chi connectivity index (χ3n) is 4.69. The van der Waals surface area contributed by atoms with Crippen molar-refractivity contribution < 1.29 is 39.8 Å². The number of methoxy groups -OCH3 is 3. The van der Waals surface area contributed by atoms with Crippen molar-refractivity contribution in [2.45, 2.75) is 9.79 Å². The van der Waals surface area contributed by atoms with E-state index in [0.29, 0.717) is 8.95 Å². The molecule has 0 aliphatic carbocycles. The summed E-state index contributed by atoms with van der Waals surface area (Å²) < 4.78 is 101. The molecular formula is C21H18Br2F2N2O7S2. The fourth-order valence-electron chi connectivity index (χ4n) is 3.04. The SMILES string of the molecule is COc1ccc(S(=O)(=O)Nc2c(F)cc(Br)cc2OC)cc1S(=O)(=O)Nc1c(F)cc(Br)cc1OC. The Morgan fingerprint density at radius 2 is 1.11 bits per heavy atom. The van der Waals surface area contributed by atoms with Gasteiger partial charge in [-0.2, -0.15) is 0 Å². The zero-order valence-corrected chi connectivity index (χ0v) is 23.5. The fraction of sp³-hybridized carbons (Fsp3) is 0.143. The summed E-state index contributed by atoms with van der Waals surface area (Å²) in [6.45, 7) is 0. The van der Waals surface area contributed by atoms with Crippen LogP contribution in [0.4, 0.5) is 20.2 Å². The van der Waals surface area contributed by atoms with Crippen LogP contribution in [0.25, 0.3) is 0 Å². The molecule has 0 fully saturated rings. The molecule has 0 atom stereocenters. The Labute approximate surface area is 223 Å². The van der Waals surface area contributed by atoms with E-state index in [4.69, 9.17) is 14.2 Å². The van der Waals surface area contributed by atoms with E-state index in [-0.39, 0.29) is 17.2 Å². The third-order valence-corrected chi connectivity index (χ3v) is 8.32. The molecule has 0 radical (unpaired) electrons. The van der Waals surface area contributed by atoms with Crippen LogP contribution in [-0.4, -0.2) is 38.2 Å². The maximum Gasteiger partial charge on any atom is 0.265 e. The van der Waals surface area contributed by atoms with Crippen LogP contribution in [0.15, 0.2) is 61.2 Å². The molecule has 194 valence electrons. The van der Waals surface area contributed by atoms with Crippen LogP contribution in [0.2, 0.25) is 0 Å². The van der Waals surface area contributed by atoms with E-state index < -0.39 is 52.8 Å². The first kappa shape index (κ1) is 28.0. The molecule has 3 rings (SSSR count). The number of ether oxygens (including phenoxy) is 3. The van der Waals surface area contributed by atoms with Crippen LogP contribution in [0, 0.1) is 11.6 Å². The van der Waals surface area contributed by atoms with Crippen molar-refractivity contribution in [1.29, 1.82) is 0 Å². The van der Waals surface area contributed by atoms with Gasteiger partial charge in [-0.25, -0.2) is 25.6 Å². The molecule has 9 nitrogen and oxygen atoms in total. The zero-order valence-electron chi connectivity index (χ0n) is 18.7. The maximum absolute atomic E-state index is 14.6. The van der Waals surface area contributed by atoms with E-state index in [2.05, 4.69) is 41.3 Å². The van der Waals surface area contributed by atoms with Gasteiger partial charge in [-0.1, -0.05) is 31.9 Å². The van der Waals surface area contributed by atoms with Crippen LogP contribution in [0.3, 0.4) is 0 Å². The molecule has 3 aromatic rings. The first-order chi connectivity index (χ1) is 16.8. The fourth-order valence-corrected chi connectivity index (χ4v) is 6.31. The van der Waals surface area contributed by atoms with Crippen LogP contribution in [0.5, 0.6) is 17.2 Å². The Balaban J connectivity index is 2.09. The Morgan fingerprint density at radius 3 is 1.56 bits per heavy atom. The molecule has 0 amide bonds. The van der Waals surface area contributed by atoms with E-state index in [1.165, 1.54) is 33.5 Å². The molecule has 15 heteroatoms. The molecule has 0 aliphatic rings. The second kappa shape index (κ2) is 10.8. The molecule has 36 heavy (non-hydrogen) atoms. The van der Waals surface area contributed by atoms with Crippen LogP contribution < -0.4 is 23.7 Å². The van der Waals surface area contributed by atoms with Gasteiger partial charge in [-0.05, 0) is 42.5 Å². The summed E-state index contributed by atoms with van der Waals surface area (Å²) in [7, 11) is -5.53. The molecule has 0 heterocycles. The molecule has 0 spiro atoms. The lowest BCUT2D eigenvalue weighted by atomic mass is 10.3. The smallest absolute Gasteiger partial charge is 0.265 e. The lowest BCUT2D eigenvalue weighted by Gasteiger charge is -2.17. The highest BCUT2D eigenvalue weighted by Crippen LogP contribution is 2.37. The summed E-state index contributed by atoms with van der Waals surface area (Å²) >= 11 is 6.17. The quantitative estimate of drug-likeness (QED) is 0.324. The van der Waals surface area contributed by atoms with Gasteiger partial charge in [0.1, 0.15) is 33.5 Å². The number of anilines is 2. The number of halogens is 4. The van der Waals surface area contributed by atoms with Gasteiger partial charge in [-0.3, -0.25) is 9.44 Å². The average Bonchev–Trinajstić information content (AvgIpc) is 2.81. The van der Waals surface area contributed by atoms with Crippen LogP contribution in [0.1, 0.15) is 0 Å². The van der Waals surface area contributed by atoms with Crippen LogP contribution in [-0.2, 0) is 20.0 Å². The standard InChI is InChI=1S/C21H18Br2F2N2O7S2/c1-32-16-5-4-13(35(28,29)26-20-14(24)6-11(22)8-17(20)33-2)10-19(16)36(30,31)27-21-15(25)7-12(23)9-18(21)34-3/h4-10,26-27H,1-3H3. The predicted octanol–water partition coefficient (Wildman–Crippen LogP) is 5.12. The summed E-state index contributed by atoms with van der Waals surface area (Å²) in [6.07, 6.45) is 0. The van der Waals surface area contributed by atoms with Gasteiger partial charge in [0, 0.05) is 8.95 Å². The summed E-state index contributed by atoms with van der Waals surface area (Å²) in [5.41, 5.74) is -0.989. The summed E-state index contributed by atoms with van der Waals surface area (Å²) in [4.78, 5) is -1.17. The summed E-state index contributed by atoms with van der Waals surface area (Å²) in [5, 5.41) is 0. The van der Waals surface area contributed by atoms with E-state index in [1.54, 1.807) is 0 Å². The molecular weight excluding hydrogens is 654 g/mol. The molecule has 3 aromatic carbocycles. The van der Waals surface area contributed by atoms with Crippen molar-refractivity contribution in [3.8, 4) is 17.2 Å². The number of hydrogen-bond donors (Lipinski definition) is 2. The monoisotopic (exact) mass is 670 g/mol. The normalized spacial score (nSPS) is 11.6. The lowest BCUT2D eigenvalue weighted by molar-refractivity contribution is 0.402. The van der Waals surface area contributed by atoms with E-state index >= 15 is 0 Å². The van der Waals surface area contributed by atoms with Crippen LogP contribution >= 0.6 is 31.9 Å². The molecule has 2 N–H and O–H groups in total. The minimum Gasteiger partial charge on any atom is -0.495 e. The molecule has 0 bridgehead atoms. The Kier molecular flexibility index (Phi) is 8.37. The lowest BCUT2D eigenvalue weighted by Crippen LogP contribution is -2.18. The minimum atomic E-state index is -4.61. The van der Waals surface area contributed by atoms with Crippen molar-refractivity contribution in [2.24, 2.45) is 0 Å². The molecule has 0 aliphatic heterocycles. The predicted molar refractivity (Wildman–Crippen MR) is 136 cm³/mol. The largest absolute Gasteiger partial charge is 0.495 e. The Morgan fingerprint density at radius 1 is 0.667 bits per heavy atom. The van der Waals surface area contributed by atoms with Crippen molar-refractivity contribution in [3.63, 3.8) is 0 Å². The molecule has 0 aromatic heterocycles. The van der Waals surface area contributed by atoms with Crippen molar-refractivity contribution in [1.82, 2.24) is 0 Å². The van der Waals surface area contributed by atoms with Crippen molar-refractivity contribution in [3.05, 3.63) is 63.0 Å². The Hall–Kier alpha value is -2.62. The third kappa shape index (κ3) is 5.85. The number of benzene rings is 3. The van der Waals surface area contributed by atoms with Gasteiger partial charge in [-0.15, -0.1) is 0 Å². The summed E-state index contributed by atoms with van der Waals surface area (Å²) in [6, 6.07) is 7.66. The van der Waals surface area contributed by atoms with Gasteiger partial charge < -0.3 is 14.2 Å². The highest BCUT2D eigenvalue weighted by molar-refractivity contribution is 9.10. The molecule has 0 unspecified atom stereocenters. The van der Waals surface area contributed by atoms with Gasteiger partial charge in [0.25, 0.3) is 20.0 Å². The maximum atomic E-state index is 14.6. The summed E-state index contributed by atoms with van der Waals surface area (Å²) in [5.74, 6) is -2.37. The van der Waals surface area contributed by atoms with Gasteiger partial charge in [0.15, 0.2) is 11.6 Å². The first-order valence-electron chi connectivity index (χ1n) is 9.62. The van der Waals surface area contributed by atoms with Gasteiger partial charge in [0.2, 0.25) is 0 Å². The highest BCUT2D eigenvalue weighted by atomic mass is 79.9. The number of nitrogens with one attached hydrogen (secondary N) is 2. The second-order valence-electron chi connectivity index (χ2n) is 6.95. The average molecular weight is 672 g/mol. The van der Waals surface area contributed by atoms with Gasteiger partial charge in [0.05, 0.1) is 26.2 Å². The molecule has 0 saturated carbocycles. The zero-order chi connectivity index (χ0) is 26.8. The van der Waals surface area contributed by atoms with Gasteiger partial charge >= 0.3 is 0 Å². The minimum absolute atomic E-state index is 0.119. The van der Waals surface area contributed by atoms with E-state index in [0.717, 1.165) is 30.3 Å². The Bertz CT molecular complexity index is 1540. The number of sulfonamides is 2. The van der Waals surface area contributed by atoms with Crippen molar-refractivity contribution >= 4 is 63.3 Å². The molecule has 0 saturated heterocycles. The van der Waals surface area contributed by atoms with E-state index in [1.807, 2.05) is 0 Å². The second-order valence-corrected chi connectivity index (χ2v) is 12.1. The topological polar surface area (TPSA) is 120 Å². The van der Waals surface area contributed by atoms with E-state index in [9.17, 15) is 25.6 Å². The highest BCUT2D eigenvalue weighted by Gasteiger charge is 2.28.